The minimum absolute atomic E-state index is 0.0479. The highest BCUT2D eigenvalue weighted by Crippen LogP contribution is 2.27. The number of likely N-dealkylation sites (tertiary alicyclic amines) is 1. The molecule has 2 atom stereocenters. The first-order valence-corrected chi connectivity index (χ1v) is 9.48. The zero-order chi connectivity index (χ0) is 19.3. The molecule has 1 aliphatic rings. The smallest absolute Gasteiger partial charge is 0.239 e. The number of methoxy groups -OCH3 is 1. The van der Waals surface area contributed by atoms with Crippen LogP contribution in [0.2, 0.25) is 0 Å². The van der Waals surface area contributed by atoms with Gasteiger partial charge in [-0.2, -0.15) is 5.26 Å². The van der Waals surface area contributed by atoms with E-state index in [-0.39, 0.29) is 5.91 Å². The van der Waals surface area contributed by atoms with Gasteiger partial charge in [-0.25, -0.2) is 0 Å². The SMILES string of the molecule is COCCCn1c(C)c(C)c(C#N)c1NC(=O)CN1CC(C)CC(C)C1. The maximum Gasteiger partial charge on any atom is 0.239 e. The van der Waals surface area contributed by atoms with Gasteiger partial charge >= 0.3 is 0 Å². The highest BCUT2D eigenvalue weighted by molar-refractivity contribution is 5.93. The lowest BCUT2D eigenvalue weighted by Crippen LogP contribution is -2.43. The topological polar surface area (TPSA) is 70.3 Å². The molecule has 0 saturated carbocycles. The third-order valence-corrected chi connectivity index (χ3v) is 5.24. The second-order valence-corrected chi connectivity index (χ2v) is 7.73. The van der Waals surface area contributed by atoms with E-state index in [0.29, 0.717) is 36.4 Å². The van der Waals surface area contributed by atoms with Crippen molar-refractivity contribution in [3.8, 4) is 6.07 Å². The fraction of sp³-hybridized carbons (Fsp3) is 0.700. The predicted octanol–water partition coefficient (Wildman–Crippen LogP) is 2.93. The number of carbonyl (C=O) groups is 1. The van der Waals surface area contributed by atoms with E-state index < -0.39 is 0 Å². The number of hydrogen-bond donors (Lipinski definition) is 1. The van der Waals surface area contributed by atoms with Gasteiger partial charge in [-0.3, -0.25) is 9.69 Å². The number of aromatic nitrogens is 1. The molecule has 1 aromatic heterocycles. The van der Waals surface area contributed by atoms with Crippen LogP contribution in [0.3, 0.4) is 0 Å². The van der Waals surface area contributed by atoms with Gasteiger partial charge in [0.25, 0.3) is 0 Å². The van der Waals surface area contributed by atoms with Gasteiger partial charge in [-0.05, 0) is 44.1 Å². The van der Waals surface area contributed by atoms with Crippen LogP contribution in [0.4, 0.5) is 5.82 Å². The van der Waals surface area contributed by atoms with E-state index in [4.69, 9.17) is 4.74 Å². The number of carbonyl (C=O) groups excluding carboxylic acids is 1. The average molecular weight is 361 g/mol. The number of ether oxygens (including phenoxy) is 1. The zero-order valence-corrected chi connectivity index (χ0v) is 16.8. The minimum atomic E-state index is -0.0479. The number of amides is 1. The molecule has 144 valence electrons. The van der Waals surface area contributed by atoms with Gasteiger partial charge in [-0.15, -0.1) is 0 Å². The molecule has 1 amide bonds. The molecule has 0 aliphatic carbocycles. The lowest BCUT2D eigenvalue weighted by Gasteiger charge is -2.34. The Bertz CT molecular complexity index is 664. The molecule has 1 fully saturated rings. The van der Waals surface area contributed by atoms with Crippen molar-refractivity contribution in [1.29, 1.82) is 5.26 Å². The second kappa shape index (κ2) is 9.20. The summed E-state index contributed by atoms with van der Waals surface area (Å²) in [5.74, 6) is 1.81. The average Bonchev–Trinajstić information content (AvgIpc) is 2.78. The van der Waals surface area contributed by atoms with Crippen molar-refractivity contribution in [2.45, 2.75) is 47.1 Å². The molecule has 6 nitrogen and oxygen atoms in total. The second-order valence-electron chi connectivity index (χ2n) is 7.73. The van der Waals surface area contributed by atoms with E-state index in [2.05, 4.69) is 30.1 Å². The van der Waals surface area contributed by atoms with Crippen molar-refractivity contribution in [2.24, 2.45) is 11.8 Å². The summed E-state index contributed by atoms with van der Waals surface area (Å²) in [5, 5.41) is 12.6. The van der Waals surface area contributed by atoms with Crippen molar-refractivity contribution in [3.05, 3.63) is 16.8 Å². The van der Waals surface area contributed by atoms with Crippen LogP contribution in [0.15, 0.2) is 0 Å². The summed E-state index contributed by atoms with van der Waals surface area (Å²) in [7, 11) is 1.68. The lowest BCUT2D eigenvalue weighted by atomic mass is 9.92. The highest BCUT2D eigenvalue weighted by Gasteiger charge is 2.25. The molecule has 0 radical (unpaired) electrons. The molecule has 2 heterocycles. The van der Waals surface area contributed by atoms with Crippen LogP contribution in [0, 0.1) is 37.0 Å². The van der Waals surface area contributed by atoms with Crippen LogP contribution in [0.25, 0.3) is 0 Å². The first kappa shape index (κ1) is 20.5. The Labute approximate surface area is 157 Å². The van der Waals surface area contributed by atoms with Crippen molar-refractivity contribution < 1.29 is 9.53 Å². The molecule has 0 bridgehead atoms. The lowest BCUT2D eigenvalue weighted by molar-refractivity contribution is -0.117. The van der Waals surface area contributed by atoms with Crippen LogP contribution < -0.4 is 5.32 Å². The summed E-state index contributed by atoms with van der Waals surface area (Å²) in [5.41, 5.74) is 2.52. The van der Waals surface area contributed by atoms with Crippen molar-refractivity contribution >= 4 is 11.7 Å². The molecule has 1 aliphatic heterocycles. The Morgan fingerprint density at radius 1 is 1.31 bits per heavy atom. The number of rotatable bonds is 7. The summed E-state index contributed by atoms with van der Waals surface area (Å²) in [6.07, 6.45) is 2.05. The van der Waals surface area contributed by atoms with Gasteiger partial charge in [0.2, 0.25) is 5.91 Å². The number of nitrogens with zero attached hydrogens (tertiary/aromatic N) is 3. The number of anilines is 1. The van der Waals surface area contributed by atoms with Gasteiger partial charge in [-0.1, -0.05) is 13.8 Å². The van der Waals surface area contributed by atoms with Crippen LogP contribution in [-0.2, 0) is 16.1 Å². The standard InChI is InChI=1S/C20H32N4O2/c1-14-9-15(2)12-23(11-14)13-19(25)22-20-18(10-21)16(3)17(4)24(20)7-6-8-26-5/h14-15H,6-9,11-13H2,1-5H3,(H,22,25). The van der Waals surface area contributed by atoms with E-state index in [0.717, 1.165) is 37.3 Å². The van der Waals surface area contributed by atoms with E-state index in [1.807, 2.05) is 18.4 Å². The number of hydrogen-bond acceptors (Lipinski definition) is 4. The summed E-state index contributed by atoms with van der Waals surface area (Å²) in [6, 6.07) is 2.26. The van der Waals surface area contributed by atoms with Crippen LogP contribution in [-0.4, -0.2) is 48.7 Å². The molecular formula is C20H32N4O2. The maximum absolute atomic E-state index is 12.7. The summed E-state index contributed by atoms with van der Waals surface area (Å²) >= 11 is 0. The van der Waals surface area contributed by atoms with Gasteiger partial charge in [0.1, 0.15) is 11.9 Å². The van der Waals surface area contributed by atoms with Gasteiger partial charge < -0.3 is 14.6 Å². The molecule has 0 spiro atoms. The monoisotopic (exact) mass is 360 g/mol. The molecule has 1 aromatic rings. The fourth-order valence-electron chi connectivity index (χ4n) is 4.07. The maximum atomic E-state index is 12.7. The number of nitriles is 1. The molecule has 1 saturated heterocycles. The third-order valence-electron chi connectivity index (χ3n) is 5.24. The third kappa shape index (κ3) is 4.87. The van der Waals surface area contributed by atoms with E-state index >= 15 is 0 Å². The van der Waals surface area contributed by atoms with Gasteiger partial charge in [0, 0.05) is 39.0 Å². The Balaban J connectivity index is 2.12. The van der Waals surface area contributed by atoms with Crippen molar-refractivity contribution in [1.82, 2.24) is 9.47 Å². The fourth-order valence-corrected chi connectivity index (χ4v) is 4.07. The van der Waals surface area contributed by atoms with Crippen LogP contribution in [0.5, 0.6) is 0 Å². The van der Waals surface area contributed by atoms with Gasteiger partial charge in [0.05, 0.1) is 12.1 Å². The summed E-state index contributed by atoms with van der Waals surface area (Å²) in [4.78, 5) is 14.9. The van der Waals surface area contributed by atoms with Crippen LogP contribution >= 0.6 is 0 Å². The molecule has 6 heteroatoms. The molecule has 0 aromatic carbocycles. The zero-order valence-electron chi connectivity index (χ0n) is 16.8. The molecule has 26 heavy (non-hydrogen) atoms. The normalized spacial score (nSPS) is 20.8. The van der Waals surface area contributed by atoms with Crippen molar-refractivity contribution in [2.75, 3.05) is 38.7 Å². The molecular weight excluding hydrogens is 328 g/mol. The Morgan fingerprint density at radius 2 is 1.96 bits per heavy atom. The van der Waals surface area contributed by atoms with E-state index in [9.17, 15) is 10.1 Å². The summed E-state index contributed by atoms with van der Waals surface area (Å²) < 4.78 is 7.17. The quantitative estimate of drug-likeness (QED) is 0.759. The highest BCUT2D eigenvalue weighted by atomic mass is 16.5. The van der Waals surface area contributed by atoms with Gasteiger partial charge in [0.15, 0.2) is 0 Å². The summed E-state index contributed by atoms with van der Waals surface area (Å²) in [6.45, 7) is 12.1. The number of nitrogens with one attached hydrogen (secondary N) is 1. The Hall–Kier alpha value is -1.84. The van der Waals surface area contributed by atoms with Crippen LogP contribution in [0.1, 0.15) is 43.5 Å². The molecule has 1 N–H and O–H groups in total. The predicted molar refractivity (Wildman–Crippen MR) is 103 cm³/mol. The Kier molecular flexibility index (Phi) is 7.24. The minimum Gasteiger partial charge on any atom is -0.385 e. The molecule has 2 rings (SSSR count). The largest absolute Gasteiger partial charge is 0.385 e. The first-order chi connectivity index (χ1) is 12.4. The van der Waals surface area contributed by atoms with E-state index in [1.165, 1.54) is 6.42 Å². The number of piperidine rings is 1. The van der Waals surface area contributed by atoms with E-state index in [1.54, 1.807) is 7.11 Å². The first-order valence-electron chi connectivity index (χ1n) is 9.48. The Morgan fingerprint density at radius 3 is 2.54 bits per heavy atom. The molecule has 2 unspecified atom stereocenters. The van der Waals surface area contributed by atoms with Crippen molar-refractivity contribution in [3.63, 3.8) is 0 Å².